The van der Waals surface area contributed by atoms with Crippen LogP contribution in [-0.2, 0) is 0 Å². The molecule has 5 nitrogen and oxygen atoms in total. The highest BCUT2D eigenvalue weighted by Crippen LogP contribution is 2.28. The van der Waals surface area contributed by atoms with Crippen LogP contribution in [0.15, 0.2) is 12.4 Å². The maximum absolute atomic E-state index is 12.3. The highest BCUT2D eigenvalue weighted by molar-refractivity contribution is 5.92. The maximum Gasteiger partial charge on any atom is 0.274 e. The number of carbonyl (C=O) groups excluding carboxylic acids is 1. The lowest BCUT2D eigenvalue weighted by molar-refractivity contribution is 0.0698. The Morgan fingerprint density at radius 1 is 1.18 bits per heavy atom. The molecule has 1 aromatic heterocycles. The molecule has 0 unspecified atom stereocenters. The van der Waals surface area contributed by atoms with Crippen molar-refractivity contribution in [2.24, 2.45) is 5.92 Å². The van der Waals surface area contributed by atoms with Gasteiger partial charge in [-0.15, -0.1) is 24.8 Å². The third kappa shape index (κ3) is 5.07. The molecule has 0 spiro atoms. The van der Waals surface area contributed by atoms with E-state index in [1.807, 2.05) is 11.8 Å². The molecular weight excluding hydrogens is 323 g/mol. The number of halogens is 2. The summed E-state index contributed by atoms with van der Waals surface area (Å²) < 4.78 is 0. The lowest BCUT2D eigenvalue weighted by Crippen LogP contribution is -2.45. The molecule has 1 aromatic rings. The van der Waals surface area contributed by atoms with E-state index in [1.54, 1.807) is 12.4 Å². The van der Waals surface area contributed by atoms with E-state index in [-0.39, 0.29) is 30.7 Å². The smallest absolute Gasteiger partial charge is 0.274 e. The number of piperidine rings is 1. The number of amides is 1. The van der Waals surface area contributed by atoms with Gasteiger partial charge in [-0.3, -0.25) is 9.78 Å². The van der Waals surface area contributed by atoms with Crippen molar-refractivity contribution in [3.05, 3.63) is 23.8 Å². The van der Waals surface area contributed by atoms with Gasteiger partial charge in [0.15, 0.2) is 0 Å². The van der Waals surface area contributed by atoms with Crippen LogP contribution in [-0.4, -0.2) is 46.5 Å². The number of nitrogens with one attached hydrogen (secondary N) is 1. The Morgan fingerprint density at radius 3 is 2.41 bits per heavy atom. The minimum atomic E-state index is 0. The van der Waals surface area contributed by atoms with Crippen molar-refractivity contribution in [1.29, 1.82) is 0 Å². The maximum atomic E-state index is 12.3. The van der Waals surface area contributed by atoms with Crippen LogP contribution in [0.4, 0.5) is 0 Å². The van der Waals surface area contributed by atoms with Gasteiger partial charge in [0.05, 0.1) is 11.9 Å². The van der Waals surface area contributed by atoms with E-state index >= 15 is 0 Å². The predicted octanol–water partition coefficient (Wildman–Crippen LogP) is 2.23. The lowest BCUT2D eigenvalue weighted by Gasteiger charge is -2.32. The van der Waals surface area contributed by atoms with E-state index in [1.165, 1.54) is 12.8 Å². The van der Waals surface area contributed by atoms with Gasteiger partial charge < -0.3 is 10.2 Å². The largest absolute Gasteiger partial charge is 0.337 e. The molecule has 1 amide bonds. The van der Waals surface area contributed by atoms with E-state index in [9.17, 15) is 4.79 Å². The quantitative estimate of drug-likeness (QED) is 0.908. The third-order valence-electron chi connectivity index (χ3n) is 4.17. The van der Waals surface area contributed by atoms with Crippen LogP contribution in [0.5, 0.6) is 0 Å². The molecule has 3 rings (SSSR count). The van der Waals surface area contributed by atoms with Crippen molar-refractivity contribution >= 4 is 30.7 Å². The molecule has 0 bridgehead atoms. The number of likely N-dealkylation sites (tertiary alicyclic amines) is 1. The predicted molar refractivity (Wildman–Crippen MR) is 90.9 cm³/mol. The highest BCUT2D eigenvalue weighted by atomic mass is 35.5. The molecule has 1 aliphatic heterocycles. The molecule has 0 atom stereocenters. The number of aryl methyl sites for hydroxylation is 1. The monoisotopic (exact) mass is 346 g/mol. The summed E-state index contributed by atoms with van der Waals surface area (Å²) in [4.78, 5) is 22.5. The SMILES string of the molecule is Cc1cnc(C(=O)N2CCC(NCC3CC3)CC2)cn1.Cl.Cl. The molecule has 2 heterocycles. The lowest BCUT2D eigenvalue weighted by atomic mass is 10.0. The van der Waals surface area contributed by atoms with Crippen molar-refractivity contribution in [3.63, 3.8) is 0 Å². The molecule has 1 saturated heterocycles. The van der Waals surface area contributed by atoms with Gasteiger partial charge in [-0.1, -0.05) is 0 Å². The first-order valence-electron chi connectivity index (χ1n) is 7.53. The van der Waals surface area contributed by atoms with Crippen LogP contribution in [0.25, 0.3) is 0 Å². The molecule has 22 heavy (non-hydrogen) atoms. The number of nitrogens with zero attached hydrogens (tertiary/aromatic N) is 3. The summed E-state index contributed by atoms with van der Waals surface area (Å²) in [5, 5.41) is 3.62. The molecule has 2 aliphatic rings. The van der Waals surface area contributed by atoms with Crippen LogP contribution < -0.4 is 5.32 Å². The van der Waals surface area contributed by atoms with Crippen LogP contribution in [0, 0.1) is 12.8 Å². The van der Waals surface area contributed by atoms with Crippen molar-refractivity contribution in [2.45, 2.75) is 38.6 Å². The number of hydrogen-bond donors (Lipinski definition) is 1. The molecule has 7 heteroatoms. The molecule has 0 radical (unpaired) electrons. The molecule has 0 aromatic carbocycles. The topological polar surface area (TPSA) is 58.1 Å². The Kier molecular flexibility index (Phi) is 7.53. The molecule has 2 fully saturated rings. The molecular formula is C15H24Cl2N4O. The summed E-state index contributed by atoms with van der Waals surface area (Å²) in [7, 11) is 0. The van der Waals surface area contributed by atoms with Gasteiger partial charge >= 0.3 is 0 Å². The van der Waals surface area contributed by atoms with Crippen molar-refractivity contribution in [1.82, 2.24) is 20.2 Å². The Bertz CT molecular complexity index is 471. The number of carbonyl (C=O) groups is 1. The normalized spacial score (nSPS) is 18.3. The van der Waals surface area contributed by atoms with Crippen LogP contribution in [0.1, 0.15) is 41.9 Å². The number of rotatable bonds is 4. The van der Waals surface area contributed by atoms with Gasteiger partial charge in [0.2, 0.25) is 0 Å². The van der Waals surface area contributed by atoms with Gasteiger partial charge in [0, 0.05) is 25.3 Å². The van der Waals surface area contributed by atoms with Crippen molar-refractivity contribution < 1.29 is 4.79 Å². The Morgan fingerprint density at radius 2 is 1.86 bits per heavy atom. The van der Waals surface area contributed by atoms with Gasteiger partial charge in [-0.05, 0) is 45.1 Å². The molecule has 1 saturated carbocycles. The van der Waals surface area contributed by atoms with E-state index in [0.717, 1.165) is 44.1 Å². The zero-order valence-electron chi connectivity index (χ0n) is 12.8. The standard InChI is InChI=1S/C15H22N4O.2ClH/c1-11-8-18-14(10-16-11)15(20)19-6-4-13(5-7-19)17-9-12-2-3-12;;/h8,10,12-13,17H,2-7,9H2,1H3;2*1H. The first-order chi connectivity index (χ1) is 9.72. The van der Waals surface area contributed by atoms with Gasteiger partial charge in [0.25, 0.3) is 5.91 Å². The zero-order chi connectivity index (χ0) is 13.9. The highest BCUT2D eigenvalue weighted by Gasteiger charge is 2.26. The van der Waals surface area contributed by atoms with E-state index in [4.69, 9.17) is 0 Å². The summed E-state index contributed by atoms with van der Waals surface area (Å²) in [6, 6.07) is 0.573. The van der Waals surface area contributed by atoms with Crippen LogP contribution in [0.3, 0.4) is 0 Å². The summed E-state index contributed by atoms with van der Waals surface area (Å²) in [5.74, 6) is 0.927. The van der Waals surface area contributed by atoms with Crippen LogP contribution >= 0.6 is 24.8 Å². The Hall–Kier alpha value is -0.910. The summed E-state index contributed by atoms with van der Waals surface area (Å²) >= 11 is 0. The molecule has 124 valence electrons. The fraction of sp³-hybridized carbons (Fsp3) is 0.667. The Labute approximate surface area is 144 Å². The van der Waals surface area contributed by atoms with Gasteiger partial charge in [-0.25, -0.2) is 4.98 Å². The number of hydrogen-bond acceptors (Lipinski definition) is 4. The second-order valence-electron chi connectivity index (χ2n) is 5.96. The van der Waals surface area contributed by atoms with Crippen molar-refractivity contribution in [3.8, 4) is 0 Å². The fourth-order valence-electron chi connectivity index (χ4n) is 2.61. The zero-order valence-corrected chi connectivity index (χ0v) is 14.5. The van der Waals surface area contributed by atoms with E-state index in [0.29, 0.717) is 11.7 Å². The Balaban J connectivity index is 0.00000121. The molecule has 1 N–H and O–H groups in total. The average molecular weight is 347 g/mol. The number of aromatic nitrogens is 2. The second-order valence-corrected chi connectivity index (χ2v) is 5.96. The first kappa shape index (κ1) is 19.1. The van der Waals surface area contributed by atoms with E-state index in [2.05, 4.69) is 15.3 Å². The average Bonchev–Trinajstić information content (AvgIpc) is 3.30. The second kappa shape index (κ2) is 8.65. The fourth-order valence-corrected chi connectivity index (χ4v) is 2.61. The van der Waals surface area contributed by atoms with Gasteiger partial charge in [0.1, 0.15) is 5.69 Å². The summed E-state index contributed by atoms with van der Waals surface area (Å²) in [6.45, 7) is 4.66. The summed E-state index contributed by atoms with van der Waals surface area (Å²) in [6.07, 6.45) is 8.08. The first-order valence-corrected chi connectivity index (χ1v) is 7.53. The minimum Gasteiger partial charge on any atom is -0.337 e. The van der Waals surface area contributed by atoms with Crippen molar-refractivity contribution in [2.75, 3.05) is 19.6 Å². The summed E-state index contributed by atoms with van der Waals surface area (Å²) in [5.41, 5.74) is 1.30. The third-order valence-corrected chi connectivity index (χ3v) is 4.17. The van der Waals surface area contributed by atoms with Gasteiger partial charge in [-0.2, -0.15) is 0 Å². The molecule has 1 aliphatic carbocycles. The van der Waals surface area contributed by atoms with E-state index < -0.39 is 0 Å². The van der Waals surface area contributed by atoms with Crippen LogP contribution in [0.2, 0.25) is 0 Å². The minimum absolute atomic E-state index is 0.